The Morgan fingerprint density at radius 3 is 2.85 bits per heavy atom. The molecule has 8 nitrogen and oxygen atoms in total. The molecule has 0 spiro atoms. The summed E-state index contributed by atoms with van der Waals surface area (Å²) in [6.45, 7) is 5.91. The number of aryl methyl sites for hydroxylation is 2. The lowest BCUT2D eigenvalue weighted by atomic mass is 9.88. The molecule has 0 aliphatic heterocycles. The summed E-state index contributed by atoms with van der Waals surface area (Å²) in [6.07, 6.45) is 2.71. The minimum atomic E-state index is -0.520. The van der Waals surface area contributed by atoms with E-state index in [2.05, 4.69) is 27.3 Å². The van der Waals surface area contributed by atoms with Crippen molar-refractivity contribution in [3.05, 3.63) is 39.3 Å². The highest BCUT2D eigenvalue weighted by Gasteiger charge is 2.28. The summed E-state index contributed by atoms with van der Waals surface area (Å²) in [5.41, 5.74) is 8.63. The second kappa shape index (κ2) is 6.41. The van der Waals surface area contributed by atoms with Gasteiger partial charge in [0.1, 0.15) is 5.00 Å². The van der Waals surface area contributed by atoms with E-state index in [4.69, 9.17) is 5.73 Å². The monoisotopic (exact) mass is 384 g/mol. The zero-order valence-electron chi connectivity index (χ0n) is 15.4. The van der Waals surface area contributed by atoms with Gasteiger partial charge in [0.15, 0.2) is 0 Å². The molecule has 0 saturated heterocycles. The first kappa shape index (κ1) is 17.6. The van der Waals surface area contributed by atoms with Crippen LogP contribution in [0.5, 0.6) is 0 Å². The molecule has 1 atom stereocenters. The number of hydrogen-bond donors (Lipinski definition) is 2. The zero-order valence-corrected chi connectivity index (χ0v) is 16.2. The Labute approximate surface area is 159 Å². The second-order valence-corrected chi connectivity index (χ2v) is 8.17. The molecule has 9 heteroatoms. The molecule has 3 aromatic heterocycles. The summed E-state index contributed by atoms with van der Waals surface area (Å²) in [7, 11) is 0. The Morgan fingerprint density at radius 1 is 1.33 bits per heavy atom. The average Bonchev–Trinajstić information content (AvgIpc) is 3.15. The van der Waals surface area contributed by atoms with Crippen LogP contribution in [0.4, 0.5) is 5.00 Å². The molecule has 140 valence electrons. The number of rotatable bonds is 3. The van der Waals surface area contributed by atoms with Gasteiger partial charge in [0.2, 0.25) is 5.82 Å². The Bertz CT molecular complexity index is 1080. The molecule has 0 saturated carbocycles. The SMILES string of the molecule is Cc1cc(C)n2nc(C(=O)Nc3sc4c(c3C(N)=O)CC[C@@H](C)C4)nc2n1. The van der Waals surface area contributed by atoms with Crippen molar-refractivity contribution in [3.8, 4) is 0 Å². The third-order valence-corrected chi connectivity index (χ3v) is 5.98. The van der Waals surface area contributed by atoms with Gasteiger partial charge in [-0.2, -0.15) is 4.98 Å². The molecular weight excluding hydrogens is 364 g/mol. The van der Waals surface area contributed by atoms with Crippen LogP contribution in [0, 0.1) is 19.8 Å². The number of nitrogens with zero attached hydrogens (tertiary/aromatic N) is 4. The van der Waals surface area contributed by atoms with Gasteiger partial charge >= 0.3 is 0 Å². The van der Waals surface area contributed by atoms with E-state index in [1.807, 2.05) is 19.9 Å². The number of thiophene rings is 1. The average molecular weight is 384 g/mol. The van der Waals surface area contributed by atoms with Crippen LogP contribution < -0.4 is 11.1 Å². The maximum atomic E-state index is 12.7. The van der Waals surface area contributed by atoms with Gasteiger partial charge in [-0.3, -0.25) is 9.59 Å². The van der Waals surface area contributed by atoms with E-state index >= 15 is 0 Å². The number of carbonyl (C=O) groups is 2. The predicted molar refractivity (Wildman–Crippen MR) is 102 cm³/mol. The number of fused-ring (bicyclic) bond motifs is 2. The summed E-state index contributed by atoms with van der Waals surface area (Å²) in [5, 5.41) is 7.50. The molecular formula is C18H20N6O2S. The molecule has 0 radical (unpaired) electrons. The minimum absolute atomic E-state index is 0.00589. The van der Waals surface area contributed by atoms with E-state index in [1.165, 1.54) is 15.9 Å². The van der Waals surface area contributed by atoms with Crippen molar-refractivity contribution in [2.45, 2.75) is 40.0 Å². The fraction of sp³-hybridized carbons (Fsp3) is 0.389. The molecule has 0 unspecified atom stereocenters. The number of carbonyl (C=O) groups excluding carboxylic acids is 2. The molecule has 3 aromatic rings. The van der Waals surface area contributed by atoms with Gasteiger partial charge in [-0.15, -0.1) is 16.4 Å². The van der Waals surface area contributed by atoms with Crippen molar-refractivity contribution in [1.29, 1.82) is 0 Å². The van der Waals surface area contributed by atoms with Crippen molar-refractivity contribution < 1.29 is 9.59 Å². The highest BCUT2D eigenvalue weighted by Crippen LogP contribution is 2.39. The fourth-order valence-electron chi connectivity index (χ4n) is 3.52. The van der Waals surface area contributed by atoms with E-state index in [0.717, 1.165) is 41.1 Å². The number of nitrogens with two attached hydrogens (primary N) is 1. The van der Waals surface area contributed by atoms with E-state index in [-0.39, 0.29) is 5.82 Å². The summed E-state index contributed by atoms with van der Waals surface area (Å²) in [6, 6.07) is 1.86. The summed E-state index contributed by atoms with van der Waals surface area (Å²) in [5.74, 6) is -0.0728. The standard InChI is InChI=1S/C18H20N6O2S/c1-8-4-5-11-12(6-8)27-17(13(11)14(19)25)22-16(26)15-21-18-20-9(2)7-10(3)24(18)23-15/h7-8H,4-6H2,1-3H3,(H2,19,25)(H,22,26)/t8-/m1/s1. The highest BCUT2D eigenvalue weighted by atomic mass is 32.1. The molecule has 1 aliphatic carbocycles. The lowest BCUT2D eigenvalue weighted by Crippen LogP contribution is -2.20. The Kier molecular flexibility index (Phi) is 4.18. The lowest BCUT2D eigenvalue weighted by molar-refractivity contribution is 0.1000. The van der Waals surface area contributed by atoms with Crippen LogP contribution in [-0.4, -0.2) is 31.4 Å². The first-order valence-corrected chi connectivity index (χ1v) is 9.62. The number of nitrogens with one attached hydrogen (secondary N) is 1. The van der Waals surface area contributed by atoms with Crippen molar-refractivity contribution in [3.63, 3.8) is 0 Å². The van der Waals surface area contributed by atoms with Crippen LogP contribution in [0.25, 0.3) is 5.78 Å². The Morgan fingerprint density at radius 2 is 2.11 bits per heavy atom. The highest BCUT2D eigenvalue weighted by molar-refractivity contribution is 7.17. The van der Waals surface area contributed by atoms with Crippen LogP contribution >= 0.6 is 11.3 Å². The van der Waals surface area contributed by atoms with Crippen molar-refractivity contribution >= 4 is 33.9 Å². The first-order valence-electron chi connectivity index (χ1n) is 8.80. The maximum Gasteiger partial charge on any atom is 0.296 e. The quantitative estimate of drug-likeness (QED) is 0.719. The number of primary amides is 1. The molecule has 0 fully saturated rings. The number of anilines is 1. The van der Waals surface area contributed by atoms with E-state index in [9.17, 15) is 9.59 Å². The third kappa shape index (κ3) is 3.08. The number of amides is 2. The van der Waals surface area contributed by atoms with Gasteiger partial charge in [-0.25, -0.2) is 9.50 Å². The number of aromatic nitrogens is 4. The zero-order chi connectivity index (χ0) is 19.3. The van der Waals surface area contributed by atoms with Gasteiger partial charge in [0.05, 0.1) is 5.56 Å². The summed E-state index contributed by atoms with van der Waals surface area (Å²) in [4.78, 5) is 34.3. The predicted octanol–water partition coefficient (Wildman–Crippen LogP) is 2.28. The van der Waals surface area contributed by atoms with Crippen LogP contribution in [0.15, 0.2) is 6.07 Å². The molecule has 27 heavy (non-hydrogen) atoms. The van der Waals surface area contributed by atoms with Crippen molar-refractivity contribution in [2.24, 2.45) is 11.7 Å². The molecule has 3 heterocycles. The topological polar surface area (TPSA) is 115 Å². The normalized spacial score (nSPS) is 16.3. The molecule has 0 bridgehead atoms. The minimum Gasteiger partial charge on any atom is -0.365 e. The van der Waals surface area contributed by atoms with Gasteiger partial charge in [0, 0.05) is 16.3 Å². The largest absolute Gasteiger partial charge is 0.365 e. The lowest BCUT2D eigenvalue weighted by Gasteiger charge is -2.18. The van der Waals surface area contributed by atoms with E-state index < -0.39 is 11.8 Å². The van der Waals surface area contributed by atoms with Crippen LogP contribution in [0.2, 0.25) is 0 Å². The van der Waals surface area contributed by atoms with Gasteiger partial charge in [-0.05, 0) is 50.7 Å². The van der Waals surface area contributed by atoms with Gasteiger partial charge in [0.25, 0.3) is 17.6 Å². The van der Waals surface area contributed by atoms with Crippen molar-refractivity contribution in [1.82, 2.24) is 19.6 Å². The molecule has 0 aromatic carbocycles. The smallest absolute Gasteiger partial charge is 0.296 e. The third-order valence-electron chi connectivity index (χ3n) is 4.81. The maximum absolute atomic E-state index is 12.7. The summed E-state index contributed by atoms with van der Waals surface area (Å²) < 4.78 is 1.53. The fourth-order valence-corrected chi connectivity index (χ4v) is 4.93. The van der Waals surface area contributed by atoms with E-state index in [0.29, 0.717) is 22.3 Å². The van der Waals surface area contributed by atoms with Crippen molar-refractivity contribution in [2.75, 3.05) is 5.32 Å². The Balaban J connectivity index is 1.69. The summed E-state index contributed by atoms with van der Waals surface area (Å²) >= 11 is 1.42. The molecule has 1 aliphatic rings. The molecule has 3 N–H and O–H groups in total. The number of hydrogen-bond acceptors (Lipinski definition) is 6. The molecule has 2 amide bonds. The first-order chi connectivity index (χ1) is 12.8. The van der Waals surface area contributed by atoms with Crippen LogP contribution in [0.3, 0.4) is 0 Å². The van der Waals surface area contributed by atoms with E-state index in [1.54, 1.807) is 0 Å². The van der Waals surface area contributed by atoms with Gasteiger partial charge < -0.3 is 11.1 Å². The second-order valence-electron chi connectivity index (χ2n) is 7.06. The van der Waals surface area contributed by atoms with Crippen LogP contribution in [-0.2, 0) is 12.8 Å². The van der Waals surface area contributed by atoms with Crippen LogP contribution in [0.1, 0.15) is 56.1 Å². The van der Waals surface area contributed by atoms with Gasteiger partial charge in [-0.1, -0.05) is 6.92 Å². The molecule has 4 rings (SSSR count). The Hall–Kier alpha value is -2.81.